The van der Waals surface area contributed by atoms with Crippen LogP contribution in [0.1, 0.15) is 37.7 Å². The molecule has 8 heteroatoms. The first-order valence-corrected chi connectivity index (χ1v) is 14.3. The van der Waals surface area contributed by atoms with E-state index in [-0.39, 0.29) is 12.0 Å². The van der Waals surface area contributed by atoms with Crippen molar-refractivity contribution in [3.63, 3.8) is 0 Å². The number of carbonyl (C=O) groups excluding carboxylic acids is 1. The van der Waals surface area contributed by atoms with Crippen LogP contribution in [-0.4, -0.2) is 92.4 Å². The van der Waals surface area contributed by atoms with Gasteiger partial charge < -0.3 is 19.7 Å². The van der Waals surface area contributed by atoms with Crippen LogP contribution in [0.5, 0.6) is 5.75 Å². The first-order valence-electron chi connectivity index (χ1n) is 14.3. The molecule has 0 spiro atoms. The first-order chi connectivity index (χ1) is 18.7. The maximum atomic E-state index is 12.7. The molecule has 1 aromatic carbocycles. The predicted molar refractivity (Wildman–Crippen MR) is 149 cm³/mol. The van der Waals surface area contributed by atoms with Gasteiger partial charge in [-0.2, -0.15) is 0 Å². The third-order valence-electron chi connectivity index (χ3n) is 8.41. The summed E-state index contributed by atoms with van der Waals surface area (Å²) in [6, 6.07) is 13.0. The van der Waals surface area contributed by atoms with Crippen molar-refractivity contribution in [3.05, 3.63) is 54.4 Å². The lowest BCUT2D eigenvalue weighted by atomic mass is 9.86. The zero-order chi connectivity index (χ0) is 26.2. The van der Waals surface area contributed by atoms with Crippen molar-refractivity contribution in [1.29, 1.82) is 0 Å². The number of benzene rings is 1. The van der Waals surface area contributed by atoms with Gasteiger partial charge in [0.2, 0.25) is 5.91 Å². The number of para-hydroxylation sites is 2. The Morgan fingerprint density at radius 2 is 1.97 bits per heavy atom. The Morgan fingerprint density at radius 3 is 2.74 bits per heavy atom. The highest BCUT2D eigenvalue weighted by Gasteiger charge is 2.35. The van der Waals surface area contributed by atoms with Gasteiger partial charge in [-0.25, -0.2) is 0 Å². The van der Waals surface area contributed by atoms with Gasteiger partial charge >= 0.3 is 0 Å². The normalized spacial score (nSPS) is 24.9. The molecule has 3 atom stereocenters. The standard InChI is InChI=1S/C30H43N5O3/c1-37-29-9-3-2-8-28(29)35-17-15-34(16-18-35)27-12-14-33(22-24-6-4-13-31-20-24)23-25(27)10-11-30(36)32-21-26-7-5-19-38-26/h2-4,6,8-9,13,20,25-27H,5,7,10-12,14-19,21-23H2,1H3,(H,32,36)/t25-,26?,27+/m0/s1. The van der Waals surface area contributed by atoms with Gasteiger partial charge in [0.25, 0.3) is 0 Å². The zero-order valence-electron chi connectivity index (χ0n) is 22.8. The Kier molecular flexibility index (Phi) is 9.49. The number of nitrogens with zero attached hydrogens (tertiary/aromatic N) is 4. The molecule has 3 aliphatic rings. The van der Waals surface area contributed by atoms with E-state index in [0.717, 1.165) is 83.9 Å². The van der Waals surface area contributed by atoms with Gasteiger partial charge in [0.05, 0.1) is 18.9 Å². The number of aromatic nitrogens is 1. The minimum absolute atomic E-state index is 0.157. The maximum absolute atomic E-state index is 12.7. The van der Waals surface area contributed by atoms with Gasteiger partial charge in [-0.3, -0.25) is 19.6 Å². The maximum Gasteiger partial charge on any atom is 0.220 e. The number of ether oxygens (including phenoxy) is 2. The van der Waals surface area contributed by atoms with Crippen LogP contribution >= 0.6 is 0 Å². The van der Waals surface area contributed by atoms with Gasteiger partial charge in [0, 0.05) is 77.3 Å². The molecule has 0 bridgehead atoms. The molecule has 3 aliphatic heterocycles. The molecule has 1 aromatic heterocycles. The molecule has 2 aromatic rings. The zero-order valence-corrected chi connectivity index (χ0v) is 22.8. The number of piperidine rings is 1. The van der Waals surface area contributed by atoms with Crippen LogP contribution in [-0.2, 0) is 16.1 Å². The third kappa shape index (κ3) is 7.04. The van der Waals surface area contributed by atoms with E-state index in [1.54, 1.807) is 7.11 Å². The average molecular weight is 522 g/mol. The second-order valence-electron chi connectivity index (χ2n) is 10.9. The van der Waals surface area contributed by atoms with E-state index in [9.17, 15) is 4.79 Å². The molecule has 38 heavy (non-hydrogen) atoms. The molecule has 0 saturated carbocycles. The Balaban J connectivity index is 1.19. The van der Waals surface area contributed by atoms with Crippen molar-refractivity contribution in [2.24, 2.45) is 5.92 Å². The van der Waals surface area contributed by atoms with Gasteiger partial charge in [-0.05, 0) is 61.9 Å². The Bertz CT molecular complexity index is 1010. The summed E-state index contributed by atoms with van der Waals surface area (Å²) >= 11 is 0. The fourth-order valence-corrected chi connectivity index (χ4v) is 6.38. The summed E-state index contributed by atoms with van der Waals surface area (Å²) in [5.74, 6) is 1.56. The minimum atomic E-state index is 0.157. The summed E-state index contributed by atoms with van der Waals surface area (Å²) in [5.41, 5.74) is 2.44. The number of hydrogen-bond donors (Lipinski definition) is 1. The fraction of sp³-hybridized carbons (Fsp3) is 0.600. The smallest absolute Gasteiger partial charge is 0.220 e. The lowest BCUT2D eigenvalue weighted by molar-refractivity contribution is -0.122. The van der Waals surface area contributed by atoms with Crippen LogP contribution in [0.15, 0.2) is 48.8 Å². The van der Waals surface area contributed by atoms with Crippen LogP contribution < -0.4 is 15.0 Å². The summed E-state index contributed by atoms with van der Waals surface area (Å²) in [7, 11) is 1.75. The molecule has 1 unspecified atom stereocenters. The molecule has 1 N–H and O–H groups in total. The number of piperazine rings is 1. The molecule has 3 fully saturated rings. The number of nitrogens with one attached hydrogen (secondary N) is 1. The summed E-state index contributed by atoms with van der Waals surface area (Å²) in [6.45, 7) is 8.53. The van der Waals surface area contributed by atoms with Crippen molar-refractivity contribution in [3.8, 4) is 5.75 Å². The highest BCUT2D eigenvalue weighted by atomic mass is 16.5. The Morgan fingerprint density at radius 1 is 1.11 bits per heavy atom. The average Bonchev–Trinajstić information content (AvgIpc) is 3.50. The Hall–Kier alpha value is -2.68. The molecule has 3 saturated heterocycles. The number of pyridine rings is 1. The fourth-order valence-electron chi connectivity index (χ4n) is 6.38. The molecule has 0 radical (unpaired) electrons. The van der Waals surface area contributed by atoms with Crippen molar-refractivity contribution in [2.45, 2.75) is 50.8 Å². The van der Waals surface area contributed by atoms with Crippen molar-refractivity contribution in [1.82, 2.24) is 20.1 Å². The molecular formula is C30H43N5O3. The van der Waals surface area contributed by atoms with E-state index in [1.165, 1.54) is 11.3 Å². The van der Waals surface area contributed by atoms with Crippen LogP contribution in [0.25, 0.3) is 0 Å². The SMILES string of the molecule is COc1ccccc1N1CCN([C@@H]2CCN(Cc3cccnc3)C[C@@H]2CCC(=O)NCC2CCCO2)CC1. The van der Waals surface area contributed by atoms with E-state index in [4.69, 9.17) is 9.47 Å². The monoisotopic (exact) mass is 521 g/mol. The van der Waals surface area contributed by atoms with Crippen molar-refractivity contribution < 1.29 is 14.3 Å². The van der Waals surface area contributed by atoms with Crippen molar-refractivity contribution in [2.75, 3.05) is 64.4 Å². The number of hydrogen-bond acceptors (Lipinski definition) is 7. The third-order valence-corrected chi connectivity index (χ3v) is 8.41. The van der Waals surface area contributed by atoms with E-state index in [1.807, 2.05) is 30.6 Å². The number of carbonyl (C=O) groups is 1. The van der Waals surface area contributed by atoms with E-state index in [2.05, 4.69) is 43.2 Å². The molecule has 8 nitrogen and oxygen atoms in total. The van der Waals surface area contributed by atoms with Gasteiger partial charge in [0.1, 0.15) is 5.75 Å². The molecule has 4 heterocycles. The number of amides is 1. The summed E-state index contributed by atoms with van der Waals surface area (Å²) in [4.78, 5) is 24.7. The highest BCUT2D eigenvalue weighted by Crippen LogP contribution is 2.31. The summed E-state index contributed by atoms with van der Waals surface area (Å²) < 4.78 is 11.3. The molecule has 206 valence electrons. The number of likely N-dealkylation sites (tertiary alicyclic amines) is 1. The van der Waals surface area contributed by atoms with Crippen LogP contribution in [0, 0.1) is 5.92 Å². The van der Waals surface area contributed by atoms with Crippen molar-refractivity contribution >= 4 is 11.6 Å². The van der Waals surface area contributed by atoms with E-state index >= 15 is 0 Å². The van der Waals surface area contributed by atoms with E-state index in [0.29, 0.717) is 24.9 Å². The first kappa shape index (κ1) is 26.9. The quantitative estimate of drug-likeness (QED) is 0.515. The Labute approximate surface area is 227 Å². The molecular weight excluding hydrogens is 478 g/mol. The summed E-state index contributed by atoms with van der Waals surface area (Å²) in [6.07, 6.45) is 8.77. The topological polar surface area (TPSA) is 70.2 Å². The van der Waals surface area contributed by atoms with E-state index < -0.39 is 0 Å². The lowest BCUT2D eigenvalue weighted by Crippen LogP contribution is -2.56. The van der Waals surface area contributed by atoms with Crippen LogP contribution in [0.2, 0.25) is 0 Å². The molecule has 5 rings (SSSR count). The largest absolute Gasteiger partial charge is 0.495 e. The van der Waals surface area contributed by atoms with Gasteiger partial charge in [0.15, 0.2) is 0 Å². The minimum Gasteiger partial charge on any atom is -0.495 e. The lowest BCUT2D eigenvalue weighted by Gasteiger charge is -2.47. The number of anilines is 1. The van der Waals surface area contributed by atoms with Gasteiger partial charge in [-0.1, -0.05) is 18.2 Å². The number of methoxy groups -OCH3 is 1. The molecule has 1 amide bonds. The second-order valence-corrected chi connectivity index (χ2v) is 10.9. The predicted octanol–water partition coefficient (Wildman–Crippen LogP) is 3.18. The molecule has 0 aliphatic carbocycles. The number of rotatable bonds is 10. The summed E-state index contributed by atoms with van der Waals surface area (Å²) in [5, 5.41) is 3.13. The van der Waals surface area contributed by atoms with Crippen LogP contribution in [0.3, 0.4) is 0 Å². The highest BCUT2D eigenvalue weighted by molar-refractivity contribution is 5.75. The van der Waals surface area contributed by atoms with Crippen LogP contribution in [0.4, 0.5) is 5.69 Å². The van der Waals surface area contributed by atoms with Gasteiger partial charge in [-0.15, -0.1) is 0 Å². The second kappa shape index (κ2) is 13.4.